The van der Waals surface area contributed by atoms with Gasteiger partial charge in [-0.25, -0.2) is 8.42 Å². The second-order valence-electron chi connectivity index (χ2n) is 6.37. The zero-order valence-electron chi connectivity index (χ0n) is 14.4. The summed E-state index contributed by atoms with van der Waals surface area (Å²) < 4.78 is 28.9. The lowest BCUT2D eigenvalue weighted by Gasteiger charge is -2.31. The molecule has 0 bridgehead atoms. The number of quaternary nitrogens is 1. The first kappa shape index (κ1) is 19.0. The van der Waals surface area contributed by atoms with Gasteiger partial charge in [0.1, 0.15) is 5.75 Å². The summed E-state index contributed by atoms with van der Waals surface area (Å²) >= 11 is 5.57. The molecule has 0 radical (unpaired) electrons. The number of thiocarbonyl (C=S) groups is 1. The zero-order valence-corrected chi connectivity index (χ0v) is 16.0. The van der Waals surface area contributed by atoms with Crippen LogP contribution in [0.1, 0.15) is 6.42 Å². The minimum absolute atomic E-state index is 0.0556. The smallest absolute Gasteiger partial charge is 0.173 e. The Kier molecular flexibility index (Phi) is 6.42. The van der Waals surface area contributed by atoms with Crippen molar-refractivity contribution >= 4 is 32.9 Å². The molecule has 0 amide bonds. The number of anilines is 1. The number of benzene rings is 1. The summed E-state index contributed by atoms with van der Waals surface area (Å²) in [4.78, 5) is 3.32. The molecule has 0 aromatic heterocycles. The maximum absolute atomic E-state index is 11.8. The highest BCUT2D eigenvalue weighted by Crippen LogP contribution is 2.21. The molecule has 1 aliphatic heterocycles. The number of sulfone groups is 1. The Morgan fingerprint density at radius 3 is 2.79 bits per heavy atom. The van der Waals surface area contributed by atoms with Gasteiger partial charge in [0.25, 0.3) is 0 Å². The lowest BCUT2D eigenvalue weighted by Crippen LogP contribution is -3.06. The number of hydrogen-bond acceptors (Lipinski definition) is 4. The number of nitrogens with zero attached hydrogens (tertiary/aromatic N) is 1. The van der Waals surface area contributed by atoms with E-state index in [1.165, 1.54) is 4.90 Å². The van der Waals surface area contributed by atoms with Gasteiger partial charge in [-0.2, -0.15) is 0 Å². The summed E-state index contributed by atoms with van der Waals surface area (Å²) in [5, 5.41) is 3.78. The van der Waals surface area contributed by atoms with E-state index < -0.39 is 9.84 Å². The van der Waals surface area contributed by atoms with Crippen molar-refractivity contribution < 1.29 is 18.1 Å². The summed E-state index contributed by atoms with van der Waals surface area (Å²) in [5.74, 6) is 1.16. The monoisotopic (exact) mass is 372 g/mol. The average Bonchev–Trinajstić information content (AvgIpc) is 2.87. The van der Waals surface area contributed by atoms with Crippen LogP contribution in [0.2, 0.25) is 0 Å². The molecule has 0 spiro atoms. The number of methoxy groups -OCH3 is 1. The molecule has 1 aliphatic rings. The van der Waals surface area contributed by atoms with E-state index in [0.29, 0.717) is 11.5 Å². The van der Waals surface area contributed by atoms with E-state index in [1.807, 2.05) is 29.2 Å². The summed E-state index contributed by atoms with van der Waals surface area (Å²) in [7, 11) is 2.81. The Morgan fingerprint density at radius 2 is 2.21 bits per heavy atom. The maximum atomic E-state index is 11.8. The standard InChI is InChI=1S/C16H25N3O3S2/c1-18(2)8-9-19(14-7-10-24(20,21)12-14)16(23)17-13-5-4-6-15(11-13)22-3/h4-6,11,14H,7-10,12H2,1-3H3,(H,17,23)/p+1/t14-/m1/s1. The number of ether oxygens (including phenoxy) is 1. The highest BCUT2D eigenvalue weighted by atomic mass is 32.2. The normalized spacial score (nSPS) is 19.2. The molecule has 2 N–H and O–H groups in total. The maximum Gasteiger partial charge on any atom is 0.173 e. The van der Waals surface area contributed by atoms with Gasteiger partial charge in [-0.3, -0.25) is 0 Å². The van der Waals surface area contributed by atoms with Crippen molar-refractivity contribution in [3.8, 4) is 5.75 Å². The molecule has 6 nitrogen and oxygen atoms in total. The van der Waals surface area contributed by atoms with E-state index in [4.69, 9.17) is 17.0 Å². The molecule has 24 heavy (non-hydrogen) atoms. The van der Waals surface area contributed by atoms with E-state index in [-0.39, 0.29) is 17.5 Å². The van der Waals surface area contributed by atoms with Crippen LogP contribution in [0.5, 0.6) is 5.75 Å². The summed E-state index contributed by atoms with van der Waals surface area (Å²) in [5.41, 5.74) is 0.836. The Bertz CT molecular complexity index is 677. The quantitative estimate of drug-likeness (QED) is 0.687. The predicted octanol–water partition coefficient (Wildman–Crippen LogP) is 0.0256. The first-order valence-corrected chi connectivity index (χ1v) is 10.2. The molecular formula is C16H26N3O3S2+. The van der Waals surface area contributed by atoms with Gasteiger partial charge in [-0.05, 0) is 30.8 Å². The predicted molar refractivity (Wildman–Crippen MR) is 101 cm³/mol. The van der Waals surface area contributed by atoms with Gasteiger partial charge in [0.15, 0.2) is 14.9 Å². The van der Waals surface area contributed by atoms with Crippen LogP contribution in [0.4, 0.5) is 5.69 Å². The van der Waals surface area contributed by atoms with E-state index in [2.05, 4.69) is 19.4 Å². The largest absolute Gasteiger partial charge is 0.497 e. The van der Waals surface area contributed by atoms with Crippen LogP contribution >= 0.6 is 12.2 Å². The molecule has 1 aromatic carbocycles. The van der Waals surface area contributed by atoms with Crippen molar-refractivity contribution in [3.63, 3.8) is 0 Å². The highest BCUT2D eigenvalue weighted by molar-refractivity contribution is 7.91. The fourth-order valence-corrected chi connectivity index (χ4v) is 4.80. The summed E-state index contributed by atoms with van der Waals surface area (Å²) in [6, 6.07) is 7.48. The molecule has 1 saturated heterocycles. The van der Waals surface area contributed by atoms with Gasteiger partial charge < -0.3 is 19.9 Å². The van der Waals surface area contributed by atoms with Crippen LogP contribution in [0.25, 0.3) is 0 Å². The first-order valence-electron chi connectivity index (χ1n) is 8.02. The second-order valence-corrected chi connectivity index (χ2v) is 8.98. The van der Waals surface area contributed by atoms with Crippen molar-refractivity contribution in [2.75, 3.05) is 51.1 Å². The zero-order chi connectivity index (χ0) is 17.7. The van der Waals surface area contributed by atoms with Crippen LogP contribution in [-0.4, -0.2) is 70.3 Å². The summed E-state index contributed by atoms with van der Waals surface area (Å²) in [6.07, 6.45) is 0.630. The molecule has 1 aromatic rings. The number of likely N-dealkylation sites (N-methyl/N-ethyl adjacent to an activating group) is 1. The Labute approximate surface area is 149 Å². The summed E-state index contributed by atoms with van der Waals surface area (Å²) in [6.45, 7) is 1.61. The molecule has 0 aliphatic carbocycles. The Hall–Kier alpha value is -1.38. The van der Waals surface area contributed by atoms with Crippen LogP contribution in [0.3, 0.4) is 0 Å². The lowest BCUT2D eigenvalue weighted by atomic mass is 10.2. The molecule has 8 heteroatoms. The lowest BCUT2D eigenvalue weighted by molar-refractivity contribution is -0.857. The van der Waals surface area contributed by atoms with Gasteiger partial charge >= 0.3 is 0 Å². The third kappa shape index (κ3) is 5.32. The van der Waals surface area contributed by atoms with Crippen molar-refractivity contribution in [1.82, 2.24) is 4.90 Å². The molecule has 0 unspecified atom stereocenters. The van der Waals surface area contributed by atoms with Gasteiger partial charge in [-0.15, -0.1) is 0 Å². The topological polar surface area (TPSA) is 63.1 Å². The van der Waals surface area contributed by atoms with Crippen molar-refractivity contribution in [3.05, 3.63) is 24.3 Å². The van der Waals surface area contributed by atoms with Gasteiger partial charge in [0.05, 0.1) is 45.8 Å². The molecule has 1 atom stereocenters. The number of nitrogens with one attached hydrogen (secondary N) is 2. The molecular weight excluding hydrogens is 346 g/mol. The Morgan fingerprint density at radius 1 is 1.46 bits per heavy atom. The highest BCUT2D eigenvalue weighted by Gasteiger charge is 2.33. The van der Waals surface area contributed by atoms with Crippen molar-refractivity contribution in [1.29, 1.82) is 0 Å². The molecule has 134 valence electrons. The van der Waals surface area contributed by atoms with Gasteiger partial charge in [0.2, 0.25) is 0 Å². The minimum atomic E-state index is -2.95. The molecule has 1 fully saturated rings. The van der Waals surface area contributed by atoms with Crippen LogP contribution in [0.15, 0.2) is 24.3 Å². The number of rotatable bonds is 6. The molecule has 2 rings (SSSR count). The van der Waals surface area contributed by atoms with E-state index in [0.717, 1.165) is 24.5 Å². The third-order valence-corrected chi connectivity index (χ3v) is 6.17. The van der Waals surface area contributed by atoms with Crippen molar-refractivity contribution in [2.45, 2.75) is 12.5 Å². The fraction of sp³-hybridized carbons (Fsp3) is 0.562. The molecule has 1 heterocycles. The van der Waals surface area contributed by atoms with Crippen LogP contribution in [-0.2, 0) is 9.84 Å². The average molecular weight is 373 g/mol. The van der Waals surface area contributed by atoms with Gasteiger partial charge in [0, 0.05) is 17.8 Å². The first-order chi connectivity index (χ1) is 11.3. The van der Waals surface area contributed by atoms with Gasteiger partial charge in [-0.1, -0.05) is 6.07 Å². The van der Waals surface area contributed by atoms with E-state index >= 15 is 0 Å². The fourth-order valence-electron chi connectivity index (χ4n) is 2.71. The van der Waals surface area contributed by atoms with E-state index in [9.17, 15) is 8.42 Å². The van der Waals surface area contributed by atoms with Crippen LogP contribution < -0.4 is 15.0 Å². The Balaban J connectivity index is 2.11. The number of hydrogen-bond donors (Lipinski definition) is 2. The SMILES string of the molecule is COc1cccc(NC(=S)N(CC[NH+](C)C)[C@@H]2CCS(=O)(=O)C2)c1. The van der Waals surface area contributed by atoms with Crippen LogP contribution in [0, 0.1) is 0 Å². The third-order valence-electron chi connectivity index (χ3n) is 4.08. The molecule has 0 saturated carbocycles. The van der Waals surface area contributed by atoms with E-state index in [1.54, 1.807) is 7.11 Å². The van der Waals surface area contributed by atoms with Crippen molar-refractivity contribution in [2.24, 2.45) is 0 Å². The minimum Gasteiger partial charge on any atom is -0.497 e. The second kappa shape index (κ2) is 8.13.